The number of nitrogens with zero attached hydrogens (tertiary/aromatic N) is 1. The van der Waals surface area contributed by atoms with Gasteiger partial charge >= 0.3 is 18.1 Å². The van der Waals surface area contributed by atoms with E-state index in [1.54, 1.807) is 0 Å². The van der Waals surface area contributed by atoms with Gasteiger partial charge in [-0.1, -0.05) is 22.5 Å². The Kier molecular flexibility index (Phi) is 7.13. The Labute approximate surface area is 106 Å². The lowest BCUT2D eigenvalue weighted by atomic mass is 10.5. The van der Waals surface area contributed by atoms with Gasteiger partial charge in [-0.05, 0) is 6.92 Å². The quantitative estimate of drug-likeness (QED) is 0.579. The van der Waals surface area contributed by atoms with Crippen molar-refractivity contribution in [2.24, 2.45) is 0 Å². The molecule has 0 bridgehead atoms. The third-order valence-corrected chi connectivity index (χ3v) is 2.63. The number of esters is 1. The normalized spacial score (nSPS) is 11.5. The summed E-state index contributed by atoms with van der Waals surface area (Å²) in [5, 5.41) is 0. The lowest BCUT2D eigenvalue weighted by Crippen LogP contribution is -2.43. The van der Waals surface area contributed by atoms with Crippen LogP contribution >= 0.6 is 29.1 Å². The molecule has 10 heteroatoms. The van der Waals surface area contributed by atoms with Gasteiger partial charge in [0.05, 0.1) is 12.9 Å². The van der Waals surface area contributed by atoms with Gasteiger partial charge in [0.1, 0.15) is 13.2 Å². The highest BCUT2D eigenvalue weighted by atomic mass is 35.9. The molecule has 0 aliphatic rings. The summed E-state index contributed by atoms with van der Waals surface area (Å²) in [7, 11) is 0. The topological polar surface area (TPSA) is 46.6 Å². The minimum absolute atomic E-state index is 0.00337. The monoisotopic (exact) mass is 313 g/mol. The minimum Gasteiger partial charge on any atom is -0.465 e. The Balaban J connectivity index is 4.65. The van der Waals surface area contributed by atoms with Crippen molar-refractivity contribution in [1.29, 1.82) is 0 Å². The molecular weight excluding hydrogens is 305 g/mol. The maximum atomic E-state index is 12.2. The van der Waals surface area contributed by atoms with Gasteiger partial charge in [-0.25, -0.2) is 0 Å². The van der Waals surface area contributed by atoms with Crippen molar-refractivity contribution in [2.45, 2.75) is 13.1 Å². The van der Waals surface area contributed by atoms with E-state index in [9.17, 15) is 22.8 Å². The molecule has 0 aromatic carbocycles. The average Bonchev–Trinajstić information content (AvgIpc) is 2.13. The fourth-order valence-corrected chi connectivity index (χ4v) is 2.12. The highest BCUT2D eigenvalue weighted by Crippen LogP contribution is 2.47. The lowest BCUT2D eigenvalue weighted by molar-refractivity contribution is -0.185. The molecule has 100 valence electrons. The molecule has 0 aromatic rings. The zero-order chi connectivity index (χ0) is 13.6. The molecule has 0 rings (SSSR count). The smallest absolute Gasteiger partial charge is 0.465 e. The summed E-state index contributed by atoms with van der Waals surface area (Å²) in [6.45, 7) is -1.15. The predicted molar refractivity (Wildman–Crippen MR) is 57.9 cm³/mol. The largest absolute Gasteiger partial charge is 0.471 e. The fraction of sp³-hybridized carbons (Fsp3) is 0.714. The number of carbonyl (C=O) groups excluding carboxylic acids is 2. The number of carbonyl (C=O) groups is 2. The van der Waals surface area contributed by atoms with Crippen LogP contribution in [-0.2, 0) is 14.3 Å². The second-order valence-electron chi connectivity index (χ2n) is 2.75. The van der Waals surface area contributed by atoms with Gasteiger partial charge in [-0.3, -0.25) is 9.59 Å². The number of ether oxygens (including phenoxy) is 1. The zero-order valence-electron chi connectivity index (χ0n) is 8.63. The molecule has 0 heterocycles. The van der Waals surface area contributed by atoms with Crippen LogP contribution in [0.2, 0.25) is 0 Å². The Morgan fingerprint density at radius 1 is 1.35 bits per heavy atom. The molecule has 17 heavy (non-hydrogen) atoms. The molecular formula is C7H9Cl2F3NO3P. The third kappa shape index (κ3) is 6.91. The number of hydrogen-bond donors (Lipinski definition) is 0. The van der Waals surface area contributed by atoms with Crippen LogP contribution in [0, 0.1) is 0 Å². The van der Waals surface area contributed by atoms with E-state index in [2.05, 4.69) is 4.74 Å². The molecule has 4 nitrogen and oxygen atoms in total. The van der Waals surface area contributed by atoms with Crippen LogP contribution < -0.4 is 0 Å². The summed E-state index contributed by atoms with van der Waals surface area (Å²) in [6, 6.07) is 0. The SMILES string of the molecule is CCOC(=O)CN(CP(Cl)Cl)C(=O)C(F)(F)F. The van der Waals surface area contributed by atoms with E-state index in [0.717, 1.165) is 0 Å². The van der Waals surface area contributed by atoms with Crippen LogP contribution in [-0.4, -0.2) is 42.4 Å². The Morgan fingerprint density at radius 2 is 1.88 bits per heavy atom. The summed E-state index contributed by atoms with van der Waals surface area (Å²) in [5.41, 5.74) is 0. The van der Waals surface area contributed by atoms with Crippen molar-refractivity contribution in [2.75, 3.05) is 19.4 Å². The molecule has 0 unspecified atom stereocenters. The maximum Gasteiger partial charge on any atom is 0.471 e. The summed E-state index contributed by atoms with van der Waals surface area (Å²) in [5.74, 6) is -3.12. The number of halogens is 5. The van der Waals surface area contributed by atoms with E-state index in [0.29, 0.717) is 0 Å². The standard InChI is InChI=1S/C7H9Cl2F3NO3P/c1-2-16-5(14)3-13(4-17(8)9)6(15)7(10,11)12/h2-4H2,1H3. The molecule has 0 saturated carbocycles. The molecule has 0 aliphatic carbocycles. The second kappa shape index (κ2) is 7.24. The van der Waals surface area contributed by atoms with Gasteiger partial charge in [0, 0.05) is 0 Å². The first-order valence-electron chi connectivity index (χ1n) is 4.29. The summed E-state index contributed by atoms with van der Waals surface area (Å²) >= 11 is 10.7. The second-order valence-corrected chi connectivity index (χ2v) is 6.61. The highest BCUT2D eigenvalue weighted by Gasteiger charge is 2.43. The van der Waals surface area contributed by atoms with Crippen LogP contribution in [0.4, 0.5) is 13.2 Å². The van der Waals surface area contributed by atoms with Crippen LogP contribution in [0.15, 0.2) is 0 Å². The van der Waals surface area contributed by atoms with Gasteiger partial charge < -0.3 is 9.64 Å². The zero-order valence-corrected chi connectivity index (χ0v) is 11.0. The van der Waals surface area contributed by atoms with Crippen molar-refractivity contribution in [3.05, 3.63) is 0 Å². The Morgan fingerprint density at radius 3 is 2.24 bits per heavy atom. The van der Waals surface area contributed by atoms with Crippen molar-refractivity contribution in [3.8, 4) is 0 Å². The van der Waals surface area contributed by atoms with Crippen molar-refractivity contribution < 1.29 is 27.5 Å². The average molecular weight is 314 g/mol. The Bertz CT molecular complexity index is 288. The van der Waals surface area contributed by atoms with Crippen LogP contribution in [0.5, 0.6) is 0 Å². The number of rotatable bonds is 5. The van der Waals surface area contributed by atoms with E-state index in [1.165, 1.54) is 6.92 Å². The first-order valence-corrected chi connectivity index (χ1v) is 7.63. The van der Waals surface area contributed by atoms with E-state index < -0.39 is 37.5 Å². The van der Waals surface area contributed by atoms with Crippen molar-refractivity contribution in [3.63, 3.8) is 0 Å². The molecule has 0 spiro atoms. The van der Waals surface area contributed by atoms with Crippen LogP contribution in [0.1, 0.15) is 6.92 Å². The predicted octanol–water partition coefficient (Wildman–Crippen LogP) is 2.69. The third-order valence-electron chi connectivity index (χ3n) is 1.43. The fourth-order valence-electron chi connectivity index (χ4n) is 0.857. The van der Waals surface area contributed by atoms with E-state index in [1.807, 2.05) is 0 Å². The number of amides is 1. The number of alkyl halides is 3. The maximum absolute atomic E-state index is 12.2. The molecule has 0 fully saturated rings. The molecule has 0 aliphatic heterocycles. The van der Waals surface area contributed by atoms with E-state index in [-0.39, 0.29) is 11.5 Å². The lowest BCUT2D eigenvalue weighted by Gasteiger charge is -2.22. The van der Waals surface area contributed by atoms with Crippen LogP contribution in [0.25, 0.3) is 0 Å². The van der Waals surface area contributed by atoms with Gasteiger partial charge in [-0.2, -0.15) is 13.2 Å². The van der Waals surface area contributed by atoms with E-state index in [4.69, 9.17) is 22.5 Å². The van der Waals surface area contributed by atoms with Gasteiger partial charge in [0.2, 0.25) is 0 Å². The first kappa shape index (κ1) is 16.7. The van der Waals surface area contributed by atoms with Crippen molar-refractivity contribution in [1.82, 2.24) is 4.90 Å². The minimum atomic E-state index is -5.08. The first-order chi connectivity index (χ1) is 7.68. The molecule has 0 saturated heterocycles. The highest BCUT2D eigenvalue weighted by molar-refractivity contribution is 8.03. The molecule has 0 atom stereocenters. The van der Waals surface area contributed by atoms with Gasteiger partial charge in [-0.15, -0.1) is 0 Å². The van der Waals surface area contributed by atoms with Crippen LogP contribution in [0.3, 0.4) is 0 Å². The number of hydrogen-bond acceptors (Lipinski definition) is 3. The summed E-state index contributed by atoms with van der Waals surface area (Å²) in [4.78, 5) is 22.2. The van der Waals surface area contributed by atoms with Gasteiger partial charge in [0.25, 0.3) is 0 Å². The molecule has 1 amide bonds. The Hall–Kier alpha value is -0.260. The summed E-state index contributed by atoms with van der Waals surface area (Å²) < 4.78 is 40.9. The summed E-state index contributed by atoms with van der Waals surface area (Å²) in [6.07, 6.45) is -5.62. The molecule has 0 radical (unpaired) electrons. The van der Waals surface area contributed by atoms with Crippen molar-refractivity contribution >= 4 is 41.0 Å². The molecule has 0 N–H and O–H groups in total. The van der Waals surface area contributed by atoms with Gasteiger partial charge in [0.15, 0.2) is 0 Å². The van der Waals surface area contributed by atoms with E-state index >= 15 is 0 Å². The molecule has 0 aromatic heterocycles.